The van der Waals surface area contributed by atoms with Gasteiger partial charge in [0.05, 0.1) is 5.56 Å². The normalized spacial score (nSPS) is 22.5. The van der Waals surface area contributed by atoms with Crippen molar-refractivity contribution in [3.63, 3.8) is 0 Å². The number of aliphatic carboxylic acids is 1. The van der Waals surface area contributed by atoms with Gasteiger partial charge >= 0.3 is 12.1 Å². The molecular weight excluding hydrogens is 335 g/mol. The monoisotopic (exact) mass is 357 g/mol. The number of likely N-dealkylation sites (tertiary alicyclic amines) is 1. The van der Waals surface area contributed by atoms with Gasteiger partial charge in [-0.25, -0.2) is 4.79 Å². The predicted octanol–water partition coefficient (Wildman–Crippen LogP) is 3.60. The number of rotatable bonds is 4. The summed E-state index contributed by atoms with van der Waals surface area (Å²) < 4.78 is 38.4. The second kappa shape index (κ2) is 7.45. The summed E-state index contributed by atoms with van der Waals surface area (Å²) >= 11 is 0. The molecule has 0 aliphatic carbocycles. The number of carbonyl (C=O) groups excluding carboxylic acids is 1. The molecule has 1 heterocycles. The van der Waals surface area contributed by atoms with Crippen LogP contribution in [-0.2, 0) is 22.2 Å². The van der Waals surface area contributed by atoms with Gasteiger partial charge in [-0.1, -0.05) is 32.0 Å². The molecule has 7 heteroatoms. The van der Waals surface area contributed by atoms with Crippen LogP contribution in [0.4, 0.5) is 13.2 Å². The van der Waals surface area contributed by atoms with Crippen LogP contribution < -0.4 is 0 Å². The summed E-state index contributed by atoms with van der Waals surface area (Å²) in [4.78, 5) is 25.4. The molecule has 1 aliphatic rings. The molecular formula is C18H22F3NO3. The maximum absolute atomic E-state index is 12.8. The van der Waals surface area contributed by atoms with E-state index in [1.165, 1.54) is 11.0 Å². The zero-order chi connectivity index (χ0) is 18.8. The Hall–Kier alpha value is -2.05. The van der Waals surface area contributed by atoms with E-state index >= 15 is 0 Å². The number of hydrogen-bond donors (Lipinski definition) is 1. The van der Waals surface area contributed by atoms with Crippen molar-refractivity contribution in [1.82, 2.24) is 4.90 Å². The molecule has 1 fully saturated rings. The van der Waals surface area contributed by atoms with Crippen LogP contribution >= 0.6 is 0 Å². The summed E-state index contributed by atoms with van der Waals surface area (Å²) in [5, 5.41) is 9.35. The van der Waals surface area contributed by atoms with Gasteiger partial charge in [0, 0.05) is 12.5 Å². The predicted molar refractivity (Wildman–Crippen MR) is 85.8 cm³/mol. The minimum atomic E-state index is -4.43. The quantitative estimate of drug-likeness (QED) is 0.896. The first-order valence-corrected chi connectivity index (χ1v) is 8.29. The Balaban J connectivity index is 2.11. The number of carboxylic acid groups (broad SMARTS) is 1. The summed E-state index contributed by atoms with van der Waals surface area (Å²) in [6.07, 6.45) is -3.16. The Morgan fingerprint density at radius 3 is 2.64 bits per heavy atom. The van der Waals surface area contributed by atoms with Crippen molar-refractivity contribution in [3.8, 4) is 0 Å². The highest BCUT2D eigenvalue weighted by Gasteiger charge is 2.36. The largest absolute Gasteiger partial charge is 0.480 e. The van der Waals surface area contributed by atoms with E-state index in [2.05, 4.69) is 0 Å². The fourth-order valence-electron chi connectivity index (χ4n) is 3.24. The number of hydrogen-bond acceptors (Lipinski definition) is 2. The zero-order valence-electron chi connectivity index (χ0n) is 14.2. The van der Waals surface area contributed by atoms with Gasteiger partial charge < -0.3 is 10.0 Å². The first kappa shape index (κ1) is 19.3. The van der Waals surface area contributed by atoms with Crippen LogP contribution in [0.1, 0.15) is 37.8 Å². The molecule has 1 saturated heterocycles. The van der Waals surface area contributed by atoms with Gasteiger partial charge in [-0.15, -0.1) is 0 Å². The van der Waals surface area contributed by atoms with Crippen molar-refractivity contribution < 1.29 is 27.9 Å². The number of nitrogens with zero attached hydrogens (tertiary/aromatic N) is 1. The molecule has 0 spiro atoms. The SMILES string of the molecule is CC1CCN(C(=O)C(C)Cc2cccc(C(F)(F)F)c2)C(C(=O)O)C1. The van der Waals surface area contributed by atoms with Gasteiger partial charge in [0.2, 0.25) is 5.91 Å². The van der Waals surface area contributed by atoms with Crippen molar-refractivity contribution in [1.29, 1.82) is 0 Å². The highest BCUT2D eigenvalue weighted by atomic mass is 19.4. The lowest BCUT2D eigenvalue weighted by molar-refractivity contribution is -0.154. The van der Waals surface area contributed by atoms with Gasteiger partial charge in [0.25, 0.3) is 0 Å². The fourth-order valence-corrected chi connectivity index (χ4v) is 3.24. The van der Waals surface area contributed by atoms with Crippen LogP contribution in [0.3, 0.4) is 0 Å². The highest BCUT2D eigenvalue weighted by Crippen LogP contribution is 2.30. The van der Waals surface area contributed by atoms with E-state index in [0.29, 0.717) is 18.5 Å². The van der Waals surface area contributed by atoms with Gasteiger partial charge in [-0.2, -0.15) is 13.2 Å². The molecule has 0 radical (unpaired) electrons. The summed E-state index contributed by atoms with van der Waals surface area (Å²) in [6, 6.07) is 4.03. The molecule has 25 heavy (non-hydrogen) atoms. The van der Waals surface area contributed by atoms with Gasteiger partial charge in [-0.05, 0) is 36.8 Å². The molecule has 0 aromatic heterocycles. The van der Waals surface area contributed by atoms with Crippen LogP contribution in [-0.4, -0.2) is 34.5 Å². The van der Waals surface area contributed by atoms with Gasteiger partial charge in [0.15, 0.2) is 0 Å². The number of carbonyl (C=O) groups is 2. The maximum Gasteiger partial charge on any atom is 0.416 e. The Morgan fingerprint density at radius 2 is 2.04 bits per heavy atom. The van der Waals surface area contributed by atoms with Gasteiger partial charge in [0.1, 0.15) is 6.04 Å². The Bertz CT molecular complexity index is 645. The van der Waals surface area contributed by atoms with Crippen molar-refractivity contribution in [3.05, 3.63) is 35.4 Å². The third kappa shape index (κ3) is 4.74. The highest BCUT2D eigenvalue weighted by molar-refractivity contribution is 5.85. The summed E-state index contributed by atoms with van der Waals surface area (Å²) in [7, 11) is 0. The zero-order valence-corrected chi connectivity index (χ0v) is 14.2. The number of carboxylic acids is 1. The molecule has 1 aromatic rings. The molecule has 138 valence electrons. The van der Waals surface area contributed by atoms with E-state index in [9.17, 15) is 27.9 Å². The molecule has 1 aliphatic heterocycles. The Labute approximate surface area is 144 Å². The van der Waals surface area contributed by atoms with Crippen molar-refractivity contribution in [2.24, 2.45) is 11.8 Å². The smallest absolute Gasteiger partial charge is 0.416 e. The van der Waals surface area contributed by atoms with Crippen molar-refractivity contribution >= 4 is 11.9 Å². The first-order valence-electron chi connectivity index (χ1n) is 8.29. The number of amides is 1. The molecule has 3 unspecified atom stereocenters. The van der Waals surface area contributed by atoms with E-state index < -0.39 is 29.7 Å². The van der Waals surface area contributed by atoms with Crippen molar-refractivity contribution in [2.75, 3.05) is 6.54 Å². The third-order valence-corrected chi connectivity index (χ3v) is 4.65. The summed E-state index contributed by atoms with van der Waals surface area (Å²) in [5.41, 5.74) is -0.340. The molecule has 0 saturated carbocycles. The Kier molecular flexibility index (Phi) is 5.75. The second-order valence-corrected chi connectivity index (χ2v) is 6.82. The lowest BCUT2D eigenvalue weighted by atomic mass is 9.90. The lowest BCUT2D eigenvalue weighted by Gasteiger charge is -2.37. The molecule has 1 N–H and O–H groups in total. The first-order chi connectivity index (χ1) is 11.6. The average Bonchev–Trinajstić information content (AvgIpc) is 2.53. The molecule has 3 atom stereocenters. The van der Waals surface area contributed by atoms with E-state index in [1.807, 2.05) is 6.92 Å². The van der Waals surface area contributed by atoms with Crippen molar-refractivity contribution in [2.45, 2.75) is 45.3 Å². The topological polar surface area (TPSA) is 57.6 Å². The summed E-state index contributed by atoms with van der Waals surface area (Å²) in [5.74, 6) is -1.72. The van der Waals surface area contributed by atoms with Crippen LogP contribution in [0, 0.1) is 11.8 Å². The maximum atomic E-state index is 12.8. The number of alkyl halides is 3. The second-order valence-electron chi connectivity index (χ2n) is 6.82. The average molecular weight is 357 g/mol. The third-order valence-electron chi connectivity index (χ3n) is 4.65. The Morgan fingerprint density at radius 1 is 1.36 bits per heavy atom. The molecule has 1 aromatic carbocycles. The van der Waals surface area contributed by atoms with E-state index in [4.69, 9.17) is 0 Å². The number of halogens is 3. The van der Waals surface area contributed by atoms with E-state index in [0.717, 1.165) is 18.6 Å². The lowest BCUT2D eigenvalue weighted by Crippen LogP contribution is -2.51. The van der Waals surface area contributed by atoms with E-state index in [1.54, 1.807) is 13.0 Å². The van der Waals surface area contributed by atoms with Gasteiger partial charge in [-0.3, -0.25) is 4.79 Å². The fraction of sp³-hybridized carbons (Fsp3) is 0.556. The van der Waals surface area contributed by atoms with Crippen LogP contribution in [0.15, 0.2) is 24.3 Å². The summed E-state index contributed by atoms with van der Waals surface area (Å²) in [6.45, 7) is 3.94. The molecule has 4 nitrogen and oxygen atoms in total. The van der Waals surface area contributed by atoms with Crippen LogP contribution in [0.5, 0.6) is 0 Å². The minimum absolute atomic E-state index is 0.140. The number of benzene rings is 1. The van der Waals surface area contributed by atoms with Crippen LogP contribution in [0.25, 0.3) is 0 Å². The molecule has 0 bridgehead atoms. The standard InChI is InChI=1S/C18H22F3NO3/c1-11-6-7-22(15(8-11)17(24)25)16(23)12(2)9-13-4-3-5-14(10-13)18(19,20)21/h3-5,10-12,15H,6-9H2,1-2H3,(H,24,25). The minimum Gasteiger partial charge on any atom is -0.480 e. The number of piperidine rings is 1. The van der Waals surface area contributed by atoms with Crippen LogP contribution in [0.2, 0.25) is 0 Å². The molecule has 1 amide bonds. The van der Waals surface area contributed by atoms with E-state index in [-0.39, 0.29) is 18.2 Å². The molecule has 2 rings (SSSR count).